The predicted molar refractivity (Wildman–Crippen MR) is 95.3 cm³/mol. The smallest absolute Gasteiger partial charge is 0.244 e. The first-order valence-corrected chi connectivity index (χ1v) is 8.66. The Balaban J connectivity index is 1.59. The molecule has 0 radical (unpaired) electrons. The Labute approximate surface area is 148 Å². The zero-order chi connectivity index (χ0) is 17.8. The van der Waals surface area contributed by atoms with Gasteiger partial charge in [-0.2, -0.15) is 5.10 Å². The van der Waals surface area contributed by atoms with E-state index < -0.39 is 0 Å². The molecular formula is C19H24N4O2. The van der Waals surface area contributed by atoms with Crippen molar-refractivity contribution in [2.24, 2.45) is 0 Å². The van der Waals surface area contributed by atoms with Gasteiger partial charge in [-0.15, -0.1) is 0 Å². The largest absolute Gasteiger partial charge is 0.347 e. The van der Waals surface area contributed by atoms with Crippen molar-refractivity contribution in [3.8, 4) is 5.69 Å². The number of nitrogens with zero attached hydrogens (tertiary/aromatic N) is 4. The first-order chi connectivity index (χ1) is 12.1. The topological polar surface area (TPSA) is 58.4 Å². The normalized spacial score (nSPS) is 16.9. The Bertz CT molecular complexity index is 739. The summed E-state index contributed by atoms with van der Waals surface area (Å²) in [4.78, 5) is 28.1. The Hall–Kier alpha value is -2.63. The maximum absolute atomic E-state index is 12.6. The number of aromatic nitrogens is 2. The zero-order valence-electron chi connectivity index (χ0n) is 14.8. The minimum absolute atomic E-state index is 0.0164. The van der Waals surface area contributed by atoms with Crippen LogP contribution in [0.3, 0.4) is 0 Å². The highest BCUT2D eigenvalue weighted by Crippen LogP contribution is 2.20. The number of rotatable bonds is 5. The molecule has 2 amide bonds. The lowest BCUT2D eigenvalue weighted by molar-refractivity contribution is -0.142. The van der Waals surface area contributed by atoms with Gasteiger partial charge in [0.2, 0.25) is 11.8 Å². The van der Waals surface area contributed by atoms with Gasteiger partial charge >= 0.3 is 0 Å². The van der Waals surface area contributed by atoms with Crippen LogP contribution in [0, 0.1) is 0 Å². The fraction of sp³-hybridized carbons (Fsp3) is 0.421. The Morgan fingerprint density at radius 3 is 2.72 bits per heavy atom. The van der Waals surface area contributed by atoms with E-state index in [0.29, 0.717) is 19.4 Å². The van der Waals surface area contributed by atoms with Crippen molar-refractivity contribution < 1.29 is 9.59 Å². The number of carbonyl (C=O) groups excluding carboxylic acids is 2. The van der Waals surface area contributed by atoms with Gasteiger partial charge < -0.3 is 9.80 Å². The van der Waals surface area contributed by atoms with Crippen LogP contribution >= 0.6 is 0 Å². The van der Waals surface area contributed by atoms with Gasteiger partial charge in [-0.1, -0.05) is 18.2 Å². The zero-order valence-corrected chi connectivity index (χ0v) is 14.8. The fourth-order valence-electron chi connectivity index (χ4n) is 3.23. The van der Waals surface area contributed by atoms with Crippen molar-refractivity contribution in [3.63, 3.8) is 0 Å². The van der Waals surface area contributed by atoms with E-state index >= 15 is 0 Å². The first kappa shape index (κ1) is 17.2. The molecular weight excluding hydrogens is 316 g/mol. The minimum atomic E-state index is -0.297. The third-order valence-electron chi connectivity index (χ3n) is 4.58. The average Bonchev–Trinajstić information content (AvgIpc) is 3.29. The molecule has 132 valence electrons. The molecule has 2 heterocycles. The molecule has 0 bridgehead atoms. The second-order valence-corrected chi connectivity index (χ2v) is 6.61. The number of benzene rings is 1. The number of likely N-dealkylation sites (tertiary alicyclic amines) is 1. The SMILES string of the molecule is CN(C)C(=O)C1CCCN1C(=O)CCc1cnn(-c2ccccc2)c1. The summed E-state index contributed by atoms with van der Waals surface area (Å²) in [6.07, 6.45) is 6.43. The van der Waals surface area contributed by atoms with Crippen LogP contribution in [-0.4, -0.2) is 58.1 Å². The van der Waals surface area contributed by atoms with Gasteiger partial charge in [-0.3, -0.25) is 9.59 Å². The molecule has 0 saturated carbocycles. The predicted octanol–water partition coefficient (Wildman–Crippen LogP) is 1.88. The molecule has 0 spiro atoms. The molecule has 0 N–H and O–H groups in total. The molecule has 1 atom stereocenters. The molecule has 3 rings (SSSR count). The minimum Gasteiger partial charge on any atom is -0.347 e. The molecule has 1 unspecified atom stereocenters. The molecule has 1 aliphatic heterocycles. The lowest BCUT2D eigenvalue weighted by atomic mass is 10.1. The lowest BCUT2D eigenvalue weighted by Crippen LogP contribution is -2.45. The summed E-state index contributed by atoms with van der Waals surface area (Å²) in [5.74, 6) is 0.0629. The standard InChI is InChI=1S/C19H24N4O2/c1-21(2)19(25)17-9-6-12-22(17)18(24)11-10-15-13-20-23(14-15)16-7-4-3-5-8-16/h3-5,7-8,13-14,17H,6,9-12H2,1-2H3. The third-order valence-corrected chi connectivity index (χ3v) is 4.58. The van der Waals surface area contributed by atoms with Crippen LogP contribution in [0.5, 0.6) is 0 Å². The molecule has 1 fully saturated rings. The number of aryl methyl sites for hydroxylation is 1. The number of para-hydroxylation sites is 1. The maximum atomic E-state index is 12.6. The van der Waals surface area contributed by atoms with Gasteiger partial charge in [0, 0.05) is 33.3 Å². The Morgan fingerprint density at radius 1 is 1.24 bits per heavy atom. The van der Waals surface area contributed by atoms with E-state index in [9.17, 15) is 9.59 Å². The third kappa shape index (κ3) is 3.90. The van der Waals surface area contributed by atoms with Gasteiger partial charge in [0.1, 0.15) is 6.04 Å². The number of amides is 2. The molecule has 1 aromatic heterocycles. The van der Waals surface area contributed by atoms with E-state index in [1.807, 2.05) is 41.2 Å². The van der Waals surface area contributed by atoms with Gasteiger partial charge in [0.25, 0.3) is 0 Å². The maximum Gasteiger partial charge on any atom is 0.244 e. The molecule has 0 aliphatic carbocycles. The van der Waals surface area contributed by atoms with Gasteiger partial charge in [0.15, 0.2) is 0 Å². The highest BCUT2D eigenvalue weighted by molar-refractivity contribution is 5.88. The monoisotopic (exact) mass is 340 g/mol. The van der Waals surface area contributed by atoms with Crippen molar-refractivity contribution in [2.45, 2.75) is 31.7 Å². The second-order valence-electron chi connectivity index (χ2n) is 6.61. The van der Waals surface area contributed by atoms with Crippen molar-refractivity contribution in [3.05, 3.63) is 48.3 Å². The summed E-state index contributed by atoms with van der Waals surface area (Å²) in [7, 11) is 3.47. The molecule has 1 saturated heterocycles. The second kappa shape index (κ2) is 7.51. The quantitative estimate of drug-likeness (QED) is 0.835. The van der Waals surface area contributed by atoms with E-state index in [0.717, 1.165) is 24.1 Å². The Morgan fingerprint density at radius 2 is 2.00 bits per heavy atom. The summed E-state index contributed by atoms with van der Waals surface area (Å²) < 4.78 is 1.81. The lowest BCUT2D eigenvalue weighted by Gasteiger charge is -2.26. The van der Waals surface area contributed by atoms with E-state index in [2.05, 4.69) is 5.10 Å². The molecule has 2 aromatic rings. The van der Waals surface area contributed by atoms with Crippen molar-refractivity contribution >= 4 is 11.8 Å². The summed E-state index contributed by atoms with van der Waals surface area (Å²) in [5, 5.41) is 4.36. The van der Waals surface area contributed by atoms with Gasteiger partial charge in [0.05, 0.1) is 11.9 Å². The van der Waals surface area contributed by atoms with Crippen molar-refractivity contribution in [2.75, 3.05) is 20.6 Å². The van der Waals surface area contributed by atoms with Crippen molar-refractivity contribution in [1.29, 1.82) is 0 Å². The van der Waals surface area contributed by atoms with Crippen LogP contribution < -0.4 is 0 Å². The Kier molecular flexibility index (Phi) is 5.16. The summed E-state index contributed by atoms with van der Waals surface area (Å²) in [6.45, 7) is 0.673. The van der Waals surface area contributed by atoms with E-state index in [4.69, 9.17) is 0 Å². The van der Waals surface area contributed by atoms with Crippen molar-refractivity contribution in [1.82, 2.24) is 19.6 Å². The number of hydrogen-bond donors (Lipinski definition) is 0. The molecule has 1 aliphatic rings. The average molecular weight is 340 g/mol. The van der Waals surface area contributed by atoms with E-state index in [1.165, 1.54) is 0 Å². The van der Waals surface area contributed by atoms with Gasteiger partial charge in [-0.05, 0) is 37.0 Å². The highest BCUT2D eigenvalue weighted by atomic mass is 16.2. The first-order valence-electron chi connectivity index (χ1n) is 8.66. The molecule has 25 heavy (non-hydrogen) atoms. The summed E-state index contributed by atoms with van der Waals surface area (Å²) >= 11 is 0. The number of hydrogen-bond acceptors (Lipinski definition) is 3. The van der Waals surface area contributed by atoms with Crippen LogP contribution in [0.25, 0.3) is 5.69 Å². The summed E-state index contributed by atoms with van der Waals surface area (Å²) in [6, 6.07) is 9.58. The van der Waals surface area contributed by atoms with Crippen LogP contribution in [0.4, 0.5) is 0 Å². The van der Waals surface area contributed by atoms with Crippen LogP contribution in [0.15, 0.2) is 42.7 Å². The number of likely N-dealkylation sites (N-methyl/N-ethyl adjacent to an activating group) is 1. The van der Waals surface area contributed by atoms with E-state index in [-0.39, 0.29) is 17.9 Å². The summed E-state index contributed by atoms with van der Waals surface area (Å²) in [5.41, 5.74) is 2.02. The highest BCUT2D eigenvalue weighted by Gasteiger charge is 2.34. The van der Waals surface area contributed by atoms with Crippen LogP contribution in [-0.2, 0) is 16.0 Å². The molecule has 6 nitrogen and oxygen atoms in total. The molecule has 6 heteroatoms. The number of carbonyl (C=O) groups is 2. The fourth-order valence-corrected chi connectivity index (χ4v) is 3.23. The van der Waals surface area contributed by atoms with Gasteiger partial charge in [-0.25, -0.2) is 4.68 Å². The molecule has 1 aromatic carbocycles. The van der Waals surface area contributed by atoms with E-state index in [1.54, 1.807) is 30.1 Å². The van der Waals surface area contributed by atoms with Crippen LogP contribution in [0.1, 0.15) is 24.8 Å². The van der Waals surface area contributed by atoms with Crippen LogP contribution in [0.2, 0.25) is 0 Å².